The molecule has 2 N–H and O–H groups in total. The number of ether oxygens (including phenoxy) is 1. The molecule has 0 fully saturated rings. The number of alkyl halides is 3. The van der Waals surface area contributed by atoms with Gasteiger partial charge in [0.2, 0.25) is 0 Å². The van der Waals surface area contributed by atoms with E-state index in [2.05, 4.69) is 15.7 Å². The number of carbonyl (C=O) groups excluding carboxylic acids is 1. The van der Waals surface area contributed by atoms with E-state index in [0.717, 1.165) is 15.8 Å². The third kappa shape index (κ3) is 4.42. The van der Waals surface area contributed by atoms with Crippen molar-refractivity contribution in [1.29, 1.82) is 0 Å². The van der Waals surface area contributed by atoms with Crippen molar-refractivity contribution in [3.8, 4) is 5.75 Å². The van der Waals surface area contributed by atoms with Gasteiger partial charge in [-0.15, -0.1) is 0 Å². The van der Waals surface area contributed by atoms with Crippen molar-refractivity contribution < 1.29 is 22.7 Å². The Balaban J connectivity index is 1.63. The largest absolute Gasteiger partial charge is 0.497 e. The van der Waals surface area contributed by atoms with Crippen molar-refractivity contribution in [3.63, 3.8) is 0 Å². The van der Waals surface area contributed by atoms with Crippen molar-refractivity contribution in [3.05, 3.63) is 70.9 Å². The lowest BCUT2D eigenvalue weighted by Crippen LogP contribution is -2.35. The van der Waals surface area contributed by atoms with Gasteiger partial charge in [-0.05, 0) is 54.8 Å². The molecule has 0 bridgehead atoms. The minimum Gasteiger partial charge on any atom is -0.497 e. The zero-order valence-corrected chi connectivity index (χ0v) is 17.8. The van der Waals surface area contributed by atoms with E-state index in [1.807, 2.05) is 19.9 Å². The first-order valence-corrected chi connectivity index (χ1v) is 10.1. The Morgan fingerprint density at radius 3 is 2.38 bits per heavy atom. The van der Waals surface area contributed by atoms with E-state index in [9.17, 15) is 18.0 Å². The maximum atomic E-state index is 13.9. The van der Waals surface area contributed by atoms with Crippen LogP contribution in [0.5, 0.6) is 5.75 Å². The molecule has 2 heterocycles. The maximum absolute atomic E-state index is 13.9. The van der Waals surface area contributed by atoms with Gasteiger partial charge in [-0.2, -0.15) is 18.3 Å². The van der Waals surface area contributed by atoms with E-state index in [0.29, 0.717) is 17.0 Å². The molecule has 0 aliphatic carbocycles. The number of aromatic nitrogens is 2. The highest BCUT2D eigenvalue weighted by atomic mass is 19.4. The number of amides is 1. The monoisotopic (exact) mass is 444 g/mol. The highest BCUT2D eigenvalue weighted by molar-refractivity contribution is 6.03. The fraction of sp³-hybridized carbons (Fsp3) is 0.304. The van der Waals surface area contributed by atoms with Crippen molar-refractivity contribution in [2.75, 3.05) is 17.7 Å². The molecular formula is C23H23F3N4O2. The molecule has 0 saturated heterocycles. The molecule has 0 unspecified atom stereocenters. The van der Waals surface area contributed by atoms with Gasteiger partial charge in [-0.25, -0.2) is 4.68 Å². The molecular weight excluding hydrogens is 421 g/mol. The molecule has 1 aromatic heterocycles. The molecule has 1 aliphatic rings. The van der Waals surface area contributed by atoms with E-state index in [1.165, 1.54) is 13.2 Å². The van der Waals surface area contributed by atoms with Crippen LogP contribution in [-0.4, -0.2) is 29.0 Å². The predicted octanol–water partition coefficient (Wildman–Crippen LogP) is 5.42. The first kappa shape index (κ1) is 21.7. The highest BCUT2D eigenvalue weighted by Crippen LogP contribution is 2.43. The van der Waals surface area contributed by atoms with Gasteiger partial charge in [-0.1, -0.05) is 18.2 Å². The molecule has 2 atom stereocenters. The van der Waals surface area contributed by atoms with Crippen molar-refractivity contribution in [2.24, 2.45) is 0 Å². The minimum atomic E-state index is -4.52. The number of anilines is 2. The number of fused-ring (bicyclic) bond motifs is 1. The summed E-state index contributed by atoms with van der Waals surface area (Å²) in [5.74, 6) is 0.193. The van der Waals surface area contributed by atoms with Gasteiger partial charge < -0.3 is 15.4 Å². The van der Waals surface area contributed by atoms with Crippen LogP contribution in [-0.2, 0) is 0 Å². The SMILES string of the molecule is COc1ccc([C@H]2C[C@@H](C(F)(F)F)n3nc(C(=O)Nc4cc(C)cc(C)c4)cc3N2)cc1. The molecule has 6 nitrogen and oxygen atoms in total. The number of nitrogens with one attached hydrogen (secondary N) is 2. The van der Waals surface area contributed by atoms with E-state index >= 15 is 0 Å². The van der Waals surface area contributed by atoms with Crippen LogP contribution >= 0.6 is 0 Å². The van der Waals surface area contributed by atoms with Crippen LogP contribution in [0.4, 0.5) is 24.7 Å². The van der Waals surface area contributed by atoms with Crippen LogP contribution < -0.4 is 15.4 Å². The number of halogens is 3. The predicted molar refractivity (Wildman–Crippen MR) is 115 cm³/mol. The molecule has 1 aliphatic heterocycles. The van der Waals surface area contributed by atoms with Gasteiger partial charge in [0, 0.05) is 18.2 Å². The van der Waals surface area contributed by atoms with Crippen molar-refractivity contribution in [1.82, 2.24) is 9.78 Å². The van der Waals surface area contributed by atoms with Gasteiger partial charge in [0.25, 0.3) is 5.91 Å². The van der Waals surface area contributed by atoms with E-state index in [-0.39, 0.29) is 17.9 Å². The number of hydrogen-bond donors (Lipinski definition) is 2. The van der Waals surface area contributed by atoms with Crippen LogP contribution in [0.2, 0.25) is 0 Å². The molecule has 32 heavy (non-hydrogen) atoms. The van der Waals surface area contributed by atoms with E-state index in [4.69, 9.17) is 4.74 Å². The summed E-state index contributed by atoms with van der Waals surface area (Å²) in [5, 5.41) is 9.81. The second-order valence-corrected chi connectivity index (χ2v) is 7.95. The quantitative estimate of drug-likeness (QED) is 0.564. The highest BCUT2D eigenvalue weighted by Gasteiger charge is 2.46. The lowest BCUT2D eigenvalue weighted by molar-refractivity contribution is -0.173. The molecule has 1 amide bonds. The number of nitrogens with zero attached hydrogens (tertiary/aromatic N) is 2. The molecule has 0 saturated carbocycles. The number of methoxy groups -OCH3 is 1. The molecule has 168 valence electrons. The number of carbonyl (C=O) groups is 1. The van der Waals surface area contributed by atoms with E-state index in [1.54, 1.807) is 36.4 Å². The summed E-state index contributed by atoms with van der Waals surface area (Å²) in [5.41, 5.74) is 3.09. The van der Waals surface area contributed by atoms with Crippen LogP contribution in [0.25, 0.3) is 0 Å². The van der Waals surface area contributed by atoms with E-state index < -0.39 is 24.2 Å². The molecule has 3 aromatic rings. The minimum absolute atomic E-state index is 0.0868. The first-order valence-electron chi connectivity index (χ1n) is 10.1. The smallest absolute Gasteiger partial charge is 0.410 e. The summed E-state index contributed by atoms with van der Waals surface area (Å²) in [6.07, 6.45) is -4.77. The van der Waals surface area contributed by atoms with Gasteiger partial charge in [0.15, 0.2) is 11.7 Å². The average Bonchev–Trinajstić information content (AvgIpc) is 3.16. The van der Waals surface area contributed by atoms with Gasteiger partial charge in [-0.3, -0.25) is 4.79 Å². The first-order chi connectivity index (χ1) is 15.1. The zero-order valence-electron chi connectivity index (χ0n) is 17.8. The Kier molecular flexibility index (Phi) is 5.58. The standard InChI is InChI=1S/C23H23F3N4O2/c1-13-8-14(2)10-16(9-13)27-22(31)19-12-21-28-18(15-4-6-17(32-3)7-5-15)11-20(23(24,25)26)30(21)29-19/h4-10,12,18,20,28H,11H2,1-3H3,(H,27,31)/t18-,20+/m1/s1. The fourth-order valence-corrected chi connectivity index (χ4v) is 3.98. The fourth-order valence-electron chi connectivity index (χ4n) is 3.98. The average molecular weight is 444 g/mol. The third-order valence-corrected chi connectivity index (χ3v) is 5.42. The number of rotatable bonds is 4. The summed E-state index contributed by atoms with van der Waals surface area (Å²) in [6.45, 7) is 3.80. The summed E-state index contributed by atoms with van der Waals surface area (Å²) < 4.78 is 47.6. The Labute approximate surface area is 183 Å². The number of aryl methyl sites for hydroxylation is 2. The maximum Gasteiger partial charge on any atom is 0.410 e. The second-order valence-electron chi connectivity index (χ2n) is 7.95. The Hall–Kier alpha value is -3.49. The second kappa shape index (κ2) is 8.22. The van der Waals surface area contributed by atoms with Crippen LogP contribution in [0.15, 0.2) is 48.5 Å². The van der Waals surface area contributed by atoms with Crippen LogP contribution in [0.3, 0.4) is 0 Å². The Morgan fingerprint density at radius 2 is 1.78 bits per heavy atom. The molecule has 0 spiro atoms. The lowest BCUT2D eigenvalue weighted by Gasteiger charge is -2.33. The Morgan fingerprint density at radius 1 is 1.12 bits per heavy atom. The van der Waals surface area contributed by atoms with Crippen LogP contribution in [0.1, 0.15) is 45.7 Å². The summed E-state index contributed by atoms with van der Waals surface area (Å²) in [6, 6.07) is 11.3. The third-order valence-electron chi connectivity index (χ3n) is 5.42. The number of benzene rings is 2. The van der Waals surface area contributed by atoms with Gasteiger partial charge in [0.05, 0.1) is 13.2 Å². The molecule has 4 rings (SSSR count). The van der Waals surface area contributed by atoms with Crippen molar-refractivity contribution >= 4 is 17.4 Å². The van der Waals surface area contributed by atoms with Crippen LogP contribution in [0, 0.1) is 13.8 Å². The normalized spacial score (nSPS) is 17.9. The summed E-state index contributed by atoms with van der Waals surface area (Å²) >= 11 is 0. The summed E-state index contributed by atoms with van der Waals surface area (Å²) in [4.78, 5) is 12.7. The van der Waals surface area contributed by atoms with Gasteiger partial charge >= 0.3 is 6.18 Å². The lowest BCUT2D eigenvalue weighted by atomic mass is 9.97. The van der Waals surface area contributed by atoms with Gasteiger partial charge in [0.1, 0.15) is 11.6 Å². The zero-order chi connectivity index (χ0) is 23.0. The molecule has 9 heteroatoms. The molecule has 2 aromatic carbocycles. The topological polar surface area (TPSA) is 68.2 Å². The van der Waals surface area contributed by atoms with Crippen molar-refractivity contribution in [2.45, 2.75) is 38.5 Å². The Bertz CT molecular complexity index is 1120. The molecule has 0 radical (unpaired) electrons. The number of hydrogen-bond acceptors (Lipinski definition) is 4. The summed E-state index contributed by atoms with van der Waals surface area (Å²) in [7, 11) is 1.52.